The van der Waals surface area contributed by atoms with Crippen molar-refractivity contribution in [2.45, 2.75) is 11.1 Å². The molecule has 0 aromatic heterocycles. The summed E-state index contributed by atoms with van der Waals surface area (Å²) < 4.78 is 40.3. The Kier molecular flexibility index (Phi) is 11.0. The minimum absolute atomic E-state index is 0.00261. The van der Waals surface area contributed by atoms with Gasteiger partial charge in [-0.3, -0.25) is 14.4 Å². The van der Waals surface area contributed by atoms with E-state index in [1.54, 1.807) is 60.7 Å². The lowest BCUT2D eigenvalue weighted by molar-refractivity contribution is -0.137. The zero-order valence-electron chi connectivity index (χ0n) is 25.1. The monoisotopic (exact) mass is 685 g/mol. The molecule has 0 aliphatic heterocycles. The average Bonchev–Trinajstić information content (AvgIpc) is 3.08. The van der Waals surface area contributed by atoms with E-state index in [1.165, 1.54) is 6.07 Å². The molecular weight excluding hydrogens is 659 g/mol. The molecule has 0 spiro atoms. The Labute approximate surface area is 284 Å². The molecule has 6 nitrogen and oxygen atoms in total. The minimum atomic E-state index is -4.70. The van der Waals surface area contributed by atoms with Crippen LogP contribution in [0.2, 0.25) is 5.02 Å². The van der Waals surface area contributed by atoms with E-state index in [9.17, 15) is 27.6 Å². The van der Waals surface area contributed by atoms with Crippen LogP contribution in [0.25, 0.3) is 17.2 Å². The quantitative estimate of drug-likeness (QED) is 0.101. The molecule has 0 radical (unpaired) electrons. The highest BCUT2D eigenvalue weighted by molar-refractivity contribution is 8.00. The molecule has 3 N–H and O–H groups in total. The van der Waals surface area contributed by atoms with Crippen molar-refractivity contribution in [2.75, 3.05) is 16.4 Å². The maximum Gasteiger partial charge on any atom is 0.418 e. The maximum absolute atomic E-state index is 13.5. The van der Waals surface area contributed by atoms with Gasteiger partial charge in [-0.15, -0.1) is 11.8 Å². The summed E-state index contributed by atoms with van der Waals surface area (Å²) in [6.07, 6.45) is -3.13. The summed E-state index contributed by atoms with van der Waals surface area (Å²) in [5, 5.41) is 7.67. The summed E-state index contributed by atoms with van der Waals surface area (Å²) in [7, 11) is 0. The van der Waals surface area contributed by atoms with E-state index in [0.717, 1.165) is 35.0 Å². The molecule has 0 saturated heterocycles. The van der Waals surface area contributed by atoms with Gasteiger partial charge < -0.3 is 16.0 Å². The second-order valence-electron chi connectivity index (χ2n) is 10.4. The largest absolute Gasteiger partial charge is 0.418 e. The zero-order chi connectivity index (χ0) is 34.1. The van der Waals surface area contributed by atoms with Crippen molar-refractivity contribution in [3.63, 3.8) is 0 Å². The molecule has 242 valence electrons. The SMILES string of the molecule is O=C(CSc1cccc(NC(=O)/C(=C\c2ccc(-c3ccccc3)cc2)NC(=O)c2ccccc2)c1)Nc1ccc(Cl)cc1C(F)(F)F. The number of rotatable bonds is 10. The standard InChI is InChI=1S/C37H27ClF3N3O3S/c38-28-18-19-32(31(21-28)37(39,40)41)43-34(45)23-48-30-13-7-12-29(22-30)42-36(47)33(44-35(46)27-10-5-2-6-11-27)20-24-14-16-26(17-15-24)25-8-3-1-4-9-25/h1-22H,23H2,(H,42,47)(H,43,45)(H,44,46)/b33-20+. The Balaban J connectivity index is 1.29. The van der Waals surface area contributed by atoms with E-state index in [0.29, 0.717) is 21.7 Å². The van der Waals surface area contributed by atoms with E-state index in [-0.39, 0.29) is 16.5 Å². The van der Waals surface area contributed by atoms with Crippen molar-refractivity contribution in [3.8, 4) is 11.1 Å². The van der Waals surface area contributed by atoms with Crippen LogP contribution in [-0.4, -0.2) is 23.5 Å². The molecule has 3 amide bonds. The molecule has 0 fully saturated rings. The number of benzene rings is 5. The molecule has 5 rings (SSSR count). The van der Waals surface area contributed by atoms with Crippen LogP contribution in [0.15, 0.2) is 138 Å². The Morgan fingerprint density at radius 3 is 2.08 bits per heavy atom. The number of nitrogens with one attached hydrogen (secondary N) is 3. The highest BCUT2D eigenvalue weighted by Gasteiger charge is 2.34. The molecular formula is C37H27ClF3N3O3S. The first-order valence-corrected chi connectivity index (χ1v) is 15.9. The smallest absolute Gasteiger partial charge is 0.325 e. The summed E-state index contributed by atoms with van der Waals surface area (Å²) in [4.78, 5) is 39.7. The van der Waals surface area contributed by atoms with Gasteiger partial charge in [-0.25, -0.2) is 0 Å². The third-order valence-corrected chi connectivity index (χ3v) is 8.11. The fourth-order valence-corrected chi connectivity index (χ4v) is 5.50. The van der Waals surface area contributed by atoms with Gasteiger partial charge in [0, 0.05) is 21.2 Å². The van der Waals surface area contributed by atoms with Gasteiger partial charge in [0.05, 0.1) is 17.0 Å². The second-order valence-corrected chi connectivity index (χ2v) is 11.9. The Morgan fingerprint density at radius 2 is 1.40 bits per heavy atom. The molecule has 0 atom stereocenters. The number of hydrogen-bond donors (Lipinski definition) is 3. The van der Waals surface area contributed by atoms with Gasteiger partial charge in [-0.2, -0.15) is 13.2 Å². The first-order chi connectivity index (χ1) is 23.0. The van der Waals surface area contributed by atoms with Gasteiger partial charge in [-0.1, -0.05) is 90.5 Å². The Morgan fingerprint density at radius 1 is 0.729 bits per heavy atom. The van der Waals surface area contributed by atoms with Crippen LogP contribution in [0.3, 0.4) is 0 Å². The van der Waals surface area contributed by atoms with Gasteiger partial charge >= 0.3 is 6.18 Å². The van der Waals surface area contributed by atoms with Gasteiger partial charge in [0.15, 0.2) is 0 Å². The van der Waals surface area contributed by atoms with E-state index in [4.69, 9.17) is 11.6 Å². The number of anilines is 2. The maximum atomic E-state index is 13.5. The fourth-order valence-electron chi connectivity index (χ4n) is 4.57. The molecule has 0 unspecified atom stereocenters. The number of amides is 3. The highest BCUT2D eigenvalue weighted by atomic mass is 35.5. The fraction of sp³-hybridized carbons (Fsp3) is 0.0541. The van der Waals surface area contributed by atoms with Gasteiger partial charge in [0.25, 0.3) is 11.8 Å². The van der Waals surface area contributed by atoms with Crippen LogP contribution in [0, 0.1) is 0 Å². The predicted molar refractivity (Wildman–Crippen MR) is 185 cm³/mol. The minimum Gasteiger partial charge on any atom is -0.325 e. The Bertz CT molecular complexity index is 1950. The van der Waals surface area contributed by atoms with Crippen molar-refractivity contribution in [1.82, 2.24) is 5.32 Å². The molecule has 11 heteroatoms. The van der Waals surface area contributed by atoms with E-state index >= 15 is 0 Å². The lowest BCUT2D eigenvalue weighted by Crippen LogP contribution is -2.30. The third kappa shape index (κ3) is 9.37. The van der Waals surface area contributed by atoms with Crippen LogP contribution in [-0.2, 0) is 15.8 Å². The molecule has 0 aliphatic rings. The number of carbonyl (C=O) groups excluding carboxylic acids is 3. The molecule has 0 bridgehead atoms. The molecule has 0 saturated carbocycles. The van der Waals surface area contributed by atoms with Crippen molar-refractivity contribution in [3.05, 3.63) is 155 Å². The number of halogens is 4. The first kappa shape index (κ1) is 34.0. The van der Waals surface area contributed by atoms with E-state index in [1.807, 2.05) is 54.6 Å². The normalized spacial score (nSPS) is 11.5. The van der Waals surface area contributed by atoms with Gasteiger partial charge in [-0.05, 0) is 71.3 Å². The predicted octanol–water partition coefficient (Wildman–Crippen LogP) is 9.17. The number of alkyl halides is 3. The third-order valence-electron chi connectivity index (χ3n) is 6.88. The van der Waals surface area contributed by atoms with Gasteiger partial charge in [0.2, 0.25) is 5.91 Å². The van der Waals surface area contributed by atoms with E-state index in [2.05, 4.69) is 16.0 Å². The summed E-state index contributed by atoms with van der Waals surface area (Å²) in [5.74, 6) is -1.92. The lowest BCUT2D eigenvalue weighted by Gasteiger charge is -2.14. The average molecular weight is 686 g/mol. The summed E-state index contributed by atoms with van der Waals surface area (Å²) in [6, 6.07) is 35.5. The van der Waals surface area contributed by atoms with E-state index < -0.39 is 35.1 Å². The van der Waals surface area contributed by atoms with Crippen molar-refractivity contribution < 1.29 is 27.6 Å². The zero-order valence-corrected chi connectivity index (χ0v) is 26.6. The first-order valence-electron chi connectivity index (χ1n) is 14.5. The molecule has 48 heavy (non-hydrogen) atoms. The molecule has 0 heterocycles. The van der Waals surface area contributed by atoms with Crippen LogP contribution in [0.1, 0.15) is 21.5 Å². The second kappa shape index (κ2) is 15.5. The molecule has 0 aliphatic carbocycles. The topological polar surface area (TPSA) is 87.3 Å². The number of carbonyl (C=O) groups is 3. The van der Waals surface area contributed by atoms with Crippen LogP contribution in [0.5, 0.6) is 0 Å². The van der Waals surface area contributed by atoms with Crippen LogP contribution >= 0.6 is 23.4 Å². The van der Waals surface area contributed by atoms with Crippen molar-refractivity contribution in [1.29, 1.82) is 0 Å². The van der Waals surface area contributed by atoms with Gasteiger partial charge in [0.1, 0.15) is 5.70 Å². The highest BCUT2D eigenvalue weighted by Crippen LogP contribution is 2.36. The summed E-state index contributed by atoms with van der Waals surface area (Å²) in [6.45, 7) is 0. The number of hydrogen-bond acceptors (Lipinski definition) is 4. The lowest BCUT2D eigenvalue weighted by atomic mass is 10.0. The summed E-state index contributed by atoms with van der Waals surface area (Å²) in [5.41, 5.74) is 2.00. The van der Waals surface area contributed by atoms with Crippen molar-refractivity contribution >= 4 is 58.5 Å². The van der Waals surface area contributed by atoms with Crippen LogP contribution in [0.4, 0.5) is 24.5 Å². The molecule has 5 aromatic carbocycles. The number of thioether (sulfide) groups is 1. The summed E-state index contributed by atoms with van der Waals surface area (Å²) >= 11 is 6.79. The van der Waals surface area contributed by atoms with Crippen LogP contribution < -0.4 is 16.0 Å². The Hall–Kier alpha value is -5.32. The molecule has 5 aromatic rings. The van der Waals surface area contributed by atoms with Crippen molar-refractivity contribution in [2.24, 2.45) is 0 Å².